The van der Waals surface area contributed by atoms with Gasteiger partial charge in [0.15, 0.2) is 0 Å². The summed E-state index contributed by atoms with van der Waals surface area (Å²) in [5.74, 6) is 0.929. The van der Waals surface area contributed by atoms with Crippen LogP contribution in [0.2, 0.25) is 5.02 Å². The molecule has 1 saturated heterocycles. The Kier molecular flexibility index (Phi) is 5.07. The number of hydrogen-bond donors (Lipinski definition) is 1. The van der Waals surface area contributed by atoms with Crippen LogP contribution in [0.5, 0.6) is 0 Å². The number of nitrogens with one attached hydrogen (secondary N) is 1. The van der Waals surface area contributed by atoms with Crippen LogP contribution in [-0.4, -0.2) is 19.1 Å². The van der Waals surface area contributed by atoms with Crippen LogP contribution in [0.1, 0.15) is 51.0 Å². The van der Waals surface area contributed by atoms with E-state index in [1.807, 2.05) is 6.07 Å². The Hall–Kier alpha value is -0.730. The Bertz CT molecular complexity index is 462. The topological polar surface area (TPSA) is 15.3 Å². The first-order valence-corrected chi connectivity index (χ1v) is 8.91. The number of benzene rings is 1. The number of nitrogens with zero attached hydrogens (tertiary/aromatic N) is 1. The largest absolute Gasteiger partial charge is 0.371 e. The SMILES string of the molecule is CCCC1CCN(c2cc(Cl)ccc2CNC2CC2)CC1. The minimum absolute atomic E-state index is 0.754. The van der Waals surface area contributed by atoms with E-state index in [9.17, 15) is 0 Å². The van der Waals surface area contributed by atoms with Crippen LogP contribution in [0.4, 0.5) is 5.69 Å². The van der Waals surface area contributed by atoms with Crippen molar-refractivity contribution in [2.75, 3.05) is 18.0 Å². The molecule has 1 aromatic carbocycles. The summed E-state index contributed by atoms with van der Waals surface area (Å²) in [7, 11) is 0. The Morgan fingerprint density at radius 1 is 1.19 bits per heavy atom. The third kappa shape index (κ3) is 4.14. The van der Waals surface area contributed by atoms with Crippen molar-refractivity contribution in [2.45, 2.75) is 58.0 Å². The Labute approximate surface area is 133 Å². The van der Waals surface area contributed by atoms with E-state index in [1.165, 1.54) is 62.9 Å². The quantitative estimate of drug-likeness (QED) is 0.825. The van der Waals surface area contributed by atoms with Gasteiger partial charge in [-0.15, -0.1) is 0 Å². The Morgan fingerprint density at radius 2 is 1.95 bits per heavy atom. The van der Waals surface area contributed by atoms with Crippen molar-refractivity contribution >= 4 is 17.3 Å². The van der Waals surface area contributed by atoms with Crippen molar-refractivity contribution in [1.29, 1.82) is 0 Å². The minimum atomic E-state index is 0.754. The predicted octanol–water partition coefficient (Wildman–Crippen LogP) is 4.61. The molecule has 2 aliphatic rings. The van der Waals surface area contributed by atoms with E-state index in [2.05, 4.69) is 29.3 Å². The molecule has 3 rings (SSSR count). The maximum atomic E-state index is 6.24. The van der Waals surface area contributed by atoms with Crippen molar-refractivity contribution in [3.05, 3.63) is 28.8 Å². The van der Waals surface area contributed by atoms with E-state index >= 15 is 0 Å². The van der Waals surface area contributed by atoms with Gasteiger partial charge in [-0.3, -0.25) is 0 Å². The summed E-state index contributed by atoms with van der Waals surface area (Å²) in [6.45, 7) is 5.64. The maximum Gasteiger partial charge on any atom is 0.0426 e. The summed E-state index contributed by atoms with van der Waals surface area (Å²) in [5, 5.41) is 4.49. The Morgan fingerprint density at radius 3 is 2.62 bits per heavy atom. The first-order chi connectivity index (χ1) is 10.3. The lowest BCUT2D eigenvalue weighted by Gasteiger charge is -2.35. The average molecular weight is 307 g/mol. The van der Waals surface area contributed by atoms with Crippen LogP contribution in [0.15, 0.2) is 18.2 Å². The van der Waals surface area contributed by atoms with Crippen LogP contribution >= 0.6 is 11.6 Å². The molecule has 0 atom stereocenters. The lowest BCUT2D eigenvalue weighted by molar-refractivity contribution is 0.378. The molecular formula is C18H27ClN2. The molecule has 3 heteroatoms. The summed E-state index contributed by atoms with van der Waals surface area (Å²) in [6.07, 6.45) is 8.04. The zero-order valence-electron chi connectivity index (χ0n) is 13.1. The van der Waals surface area contributed by atoms with Crippen LogP contribution in [-0.2, 0) is 6.54 Å². The monoisotopic (exact) mass is 306 g/mol. The van der Waals surface area contributed by atoms with Crippen LogP contribution in [0.3, 0.4) is 0 Å². The normalized spacial score (nSPS) is 20.0. The average Bonchev–Trinajstić information content (AvgIpc) is 3.31. The van der Waals surface area contributed by atoms with Gasteiger partial charge in [0.2, 0.25) is 0 Å². The van der Waals surface area contributed by atoms with Crippen LogP contribution in [0.25, 0.3) is 0 Å². The fourth-order valence-electron chi connectivity index (χ4n) is 3.39. The number of halogens is 1. The summed E-state index contributed by atoms with van der Waals surface area (Å²) >= 11 is 6.24. The van der Waals surface area contributed by atoms with Crippen molar-refractivity contribution < 1.29 is 0 Å². The highest BCUT2D eigenvalue weighted by molar-refractivity contribution is 6.30. The first kappa shape index (κ1) is 15.2. The second kappa shape index (κ2) is 7.02. The number of hydrogen-bond acceptors (Lipinski definition) is 2. The van der Waals surface area contributed by atoms with E-state index < -0.39 is 0 Å². The molecule has 0 radical (unpaired) electrons. The molecule has 1 aliphatic heterocycles. The summed E-state index contributed by atoms with van der Waals surface area (Å²) in [4.78, 5) is 2.54. The maximum absolute atomic E-state index is 6.24. The number of rotatable bonds is 6. The standard InChI is InChI=1S/C18H27ClN2/c1-2-3-14-8-10-21(11-9-14)18-12-16(19)5-4-15(18)13-20-17-6-7-17/h4-5,12,14,17,20H,2-3,6-11,13H2,1H3. The molecule has 0 aromatic heterocycles. The van der Waals surface area contributed by atoms with Crippen molar-refractivity contribution in [3.63, 3.8) is 0 Å². The predicted molar refractivity (Wildman–Crippen MR) is 91.2 cm³/mol. The van der Waals surface area contributed by atoms with Gasteiger partial charge in [0.1, 0.15) is 0 Å². The highest BCUT2D eigenvalue weighted by Gasteiger charge is 2.23. The first-order valence-electron chi connectivity index (χ1n) is 8.53. The zero-order chi connectivity index (χ0) is 14.7. The van der Waals surface area contributed by atoms with Gasteiger partial charge in [0.25, 0.3) is 0 Å². The molecule has 1 aromatic rings. The molecule has 0 amide bonds. The van der Waals surface area contributed by atoms with Gasteiger partial charge in [-0.2, -0.15) is 0 Å². The fourth-order valence-corrected chi connectivity index (χ4v) is 3.56. The lowest BCUT2D eigenvalue weighted by Crippen LogP contribution is -2.34. The summed E-state index contributed by atoms with van der Waals surface area (Å²) in [5.41, 5.74) is 2.76. The molecule has 0 spiro atoms. The van der Waals surface area contributed by atoms with E-state index in [-0.39, 0.29) is 0 Å². The van der Waals surface area contributed by atoms with Gasteiger partial charge in [-0.05, 0) is 49.3 Å². The molecule has 1 N–H and O–H groups in total. The molecule has 2 fully saturated rings. The zero-order valence-corrected chi connectivity index (χ0v) is 13.8. The van der Waals surface area contributed by atoms with E-state index in [1.54, 1.807) is 0 Å². The van der Waals surface area contributed by atoms with Gasteiger partial charge in [-0.1, -0.05) is 37.4 Å². The molecule has 1 heterocycles. The Balaban J connectivity index is 1.66. The molecular weight excluding hydrogens is 280 g/mol. The minimum Gasteiger partial charge on any atom is -0.371 e. The second-order valence-corrected chi connectivity index (χ2v) is 7.08. The highest BCUT2D eigenvalue weighted by atomic mass is 35.5. The lowest BCUT2D eigenvalue weighted by atomic mass is 9.92. The van der Waals surface area contributed by atoms with Gasteiger partial charge in [0.05, 0.1) is 0 Å². The fraction of sp³-hybridized carbons (Fsp3) is 0.667. The third-order valence-corrected chi connectivity index (χ3v) is 5.09. The number of anilines is 1. The molecule has 0 unspecified atom stereocenters. The van der Waals surface area contributed by atoms with Crippen molar-refractivity contribution in [2.24, 2.45) is 5.92 Å². The van der Waals surface area contributed by atoms with Gasteiger partial charge >= 0.3 is 0 Å². The molecule has 1 saturated carbocycles. The van der Waals surface area contributed by atoms with Crippen LogP contribution < -0.4 is 10.2 Å². The molecule has 2 nitrogen and oxygen atoms in total. The second-order valence-electron chi connectivity index (χ2n) is 6.65. The summed E-state index contributed by atoms with van der Waals surface area (Å²) < 4.78 is 0. The van der Waals surface area contributed by atoms with Gasteiger partial charge in [0, 0.05) is 36.4 Å². The number of piperidine rings is 1. The van der Waals surface area contributed by atoms with Gasteiger partial charge < -0.3 is 10.2 Å². The van der Waals surface area contributed by atoms with Crippen molar-refractivity contribution in [1.82, 2.24) is 5.32 Å². The highest BCUT2D eigenvalue weighted by Crippen LogP contribution is 2.31. The van der Waals surface area contributed by atoms with Crippen molar-refractivity contribution in [3.8, 4) is 0 Å². The molecule has 1 aliphatic carbocycles. The van der Waals surface area contributed by atoms with E-state index in [4.69, 9.17) is 11.6 Å². The van der Waals surface area contributed by atoms with E-state index in [0.29, 0.717) is 0 Å². The molecule has 21 heavy (non-hydrogen) atoms. The van der Waals surface area contributed by atoms with E-state index in [0.717, 1.165) is 23.5 Å². The summed E-state index contributed by atoms with van der Waals surface area (Å²) in [6, 6.07) is 7.14. The third-order valence-electron chi connectivity index (χ3n) is 4.86. The van der Waals surface area contributed by atoms with Crippen LogP contribution in [0, 0.1) is 5.92 Å². The van der Waals surface area contributed by atoms with Gasteiger partial charge in [-0.25, -0.2) is 0 Å². The smallest absolute Gasteiger partial charge is 0.0426 e. The molecule has 116 valence electrons. The molecule has 0 bridgehead atoms.